The van der Waals surface area contributed by atoms with Crippen LogP contribution in [0.15, 0.2) is 51.8 Å². The SMILES string of the molecule is CCSc1cccc(C(=O)Nc2nnc(-c3cc(Cl)ccc3Cl)o2)c1. The molecule has 0 aliphatic heterocycles. The van der Waals surface area contributed by atoms with Crippen molar-refractivity contribution < 1.29 is 9.21 Å². The molecule has 25 heavy (non-hydrogen) atoms. The van der Waals surface area contributed by atoms with Gasteiger partial charge in [-0.2, -0.15) is 0 Å². The fourth-order valence-electron chi connectivity index (χ4n) is 2.11. The Morgan fingerprint density at radius 2 is 2.04 bits per heavy atom. The molecular weight excluding hydrogens is 381 g/mol. The summed E-state index contributed by atoms with van der Waals surface area (Å²) in [5.74, 6) is 0.780. The van der Waals surface area contributed by atoms with Gasteiger partial charge in [0, 0.05) is 15.5 Å². The van der Waals surface area contributed by atoms with E-state index >= 15 is 0 Å². The molecule has 0 aliphatic rings. The molecule has 1 aromatic heterocycles. The lowest BCUT2D eigenvalue weighted by molar-refractivity contribution is 0.102. The molecule has 2 aromatic carbocycles. The lowest BCUT2D eigenvalue weighted by atomic mass is 10.2. The van der Waals surface area contributed by atoms with Crippen LogP contribution in [0.3, 0.4) is 0 Å². The molecule has 5 nitrogen and oxygen atoms in total. The van der Waals surface area contributed by atoms with Gasteiger partial charge in [-0.15, -0.1) is 16.9 Å². The number of thioether (sulfide) groups is 1. The molecule has 1 heterocycles. The highest BCUT2D eigenvalue weighted by Gasteiger charge is 2.15. The Morgan fingerprint density at radius 3 is 2.84 bits per heavy atom. The molecule has 128 valence electrons. The number of hydrogen-bond donors (Lipinski definition) is 1. The summed E-state index contributed by atoms with van der Waals surface area (Å²) < 4.78 is 5.47. The van der Waals surface area contributed by atoms with Gasteiger partial charge in [0.05, 0.1) is 10.6 Å². The highest BCUT2D eigenvalue weighted by atomic mass is 35.5. The Bertz CT molecular complexity index is 914. The Kier molecular flexibility index (Phi) is 5.63. The number of aromatic nitrogens is 2. The van der Waals surface area contributed by atoms with Crippen molar-refractivity contribution in [3.8, 4) is 11.5 Å². The van der Waals surface area contributed by atoms with Gasteiger partial charge in [-0.1, -0.05) is 41.3 Å². The molecule has 8 heteroatoms. The third-order valence-corrected chi connectivity index (χ3v) is 4.65. The maximum Gasteiger partial charge on any atom is 0.322 e. The van der Waals surface area contributed by atoms with Crippen LogP contribution in [0.5, 0.6) is 0 Å². The molecule has 0 fully saturated rings. The van der Waals surface area contributed by atoms with Crippen molar-refractivity contribution in [3.63, 3.8) is 0 Å². The second kappa shape index (κ2) is 7.91. The van der Waals surface area contributed by atoms with E-state index in [1.165, 1.54) is 0 Å². The molecule has 0 bridgehead atoms. The van der Waals surface area contributed by atoms with Crippen molar-refractivity contribution in [2.75, 3.05) is 11.1 Å². The molecule has 3 aromatic rings. The minimum atomic E-state index is -0.328. The van der Waals surface area contributed by atoms with Gasteiger partial charge < -0.3 is 4.42 Å². The van der Waals surface area contributed by atoms with Crippen LogP contribution in [-0.2, 0) is 0 Å². The van der Waals surface area contributed by atoms with E-state index in [9.17, 15) is 4.79 Å². The first kappa shape index (κ1) is 17.8. The molecule has 1 N–H and O–H groups in total. The van der Waals surface area contributed by atoms with E-state index in [1.807, 2.05) is 18.2 Å². The number of carbonyl (C=O) groups is 1. The van der Waals surface area contributed by atoms with E-state index in [0.717, 1.165) is 10.6 Å². The van der Waals surface area contributed by atoms with Crippen LogP contribution in [0, 0.1) is 0 Å². The summed E-state index contributed by atoms with van der Waals surface area (Å²) in [5, 5.41) is 11.2. The van der Waals surface area contributed by atoms with Crippen LogP contribution in [0.4, 0.5) is 6.01 Å². The molecule has 0 atom stereocenters. The largest absolute Gasteiger partial charge is 0.403 e. The van der Waals surface area contributed by atoms with Gasteiger partial charge in [-0.05, 0) is 42.2 Å². The van der Waals surface area contributed by atoms with Crippen LogP contribution >= 0.6 is 35.0 Å². The second-order valence-corrected chi connectivity index (χ2v) is 7.13. The van der Waals surface area contributed by atoms with E-state index in [0.29, 0.717) is 21.2 Å². The first-order valence-electron chi connectivity index (χ1n) is 7.40. The van der Waals surface area contributed by atoms with E-state index in [-0.39, 0.29) is 17.8 Å². The third kappa shape index (κ3) is 4.34. The van der Waals surface area contributed by atoms with Crippen LogP contribution < -0.4 is 5.32 Å². The van der Waals surface area contributed by atoms with Crippen molar-refractivity contribution in [1.82, 2.24) is 10.2 Å². The van der Waals surface area contributed by atoms with E-state index in [1.54, 1.807) is 36.0 Å². The second-order valence-electron chi connectivity index (χ2n) is 4.95. The van der Waals surface area contributed by atoms with Crippen molar-refractivity contribution in [2.24, 2.45) is 0 Å². The average molecular weight is 394 g/mol. The molecule has 0 saturated heterocycles. The van der Waals surface area contributed by atoms with Gasteiger partial charge >= 0.3 is 6.01 Å². The number of benzene rings is 2. The number of rotatable bonds is 5. The highest BCUT2D eigenvalue weighted by Crippen LogP contribution is 2.30. The zero-order valence-electron chi connectivity index (χ0n) is 13.1. The van der Waals surface area contributed by atoms with Crippen molar-refractivity contribution in [3.05, 3.63) is 58.1 Å². The first-order chi connectivity index (χ1) is 12.1. The summed E-state index contributed by atoms with van der Waals surface area (Å²) in [4.78, 5) is 13.4. The Labute approximate surface area is 158 Å². The van der Waals surface area contributed by atoms with Crippen LogP contribution in [0.1, 0.15) is 17.3 Å². The van der Waals surface area contributed by atoms with Gasteiger partial charge in [-0.3, -0.25) is 10.1 Å². The molecular formula is C17H13Cl2N3O2S. The summed E-state index contributed by atoms with van der Waals surface area (Å²) in [6.45, 7) is 2.05. The normalized spacial score (nSPS) is 10.7. The molecule has 0 spiro atoms. The van der Waals surface area contributed by atoms with Crippen LogP contribution in [0.25, 0.3) is 11.5 Å². The van der Waals surface area contributed by atoms with Gasteiger partial charge in [0.2, 0.25) is 0 Å². The Hall–Kier alpha value is -2.02. The minimum Gasteiger partial charge on any atom is -0.403 e. The monoisotopic (exact) mass is 393 g/mol. The summed E-state index contributed by atoms with van der Waals surface area (Å²) in [6.07, 6.45) is 0. The Balaban J connectivity index is 1.78. The van der Waals surface area contributed by atoms with Gasteiger partial charge in [0.1, 0.15) is 0 Å². The zero-order valence-corrected chi connectivity index (χ0v) is 15.5. The van der Waals surface area contributed by atoms with Crippen molar-refractivity contribution >= 4 is 46.9 Å². The van der Waals surface area contributed by atoms with Crippen LogP contribution in [0.2, 0.25) is 10.0 Å². The summed E-state index contributed by atoms with van der Waals surface area (Å²) in [7, 11) is 0. The first-order valence-corrected chi connectivity index (χ1v) is 9.14. The van der Waals surface area contributed by atoms with Gasteiger partial charge in [-0.25, -0.2) is 0 Å². The van der Waals surface area contributed by atoms with Gasteiger partial charge in [0.15, 0.2) is 0 Å². The topological polar surface area (TPSA) is 68.0 Å². The zero-order chi connectivity index (χ0) is 17.8. The highest BCUT2D eigenvalue weighted by molar-refractivity contribution is 7.99. The van der Waals surface area contributed by atoms with E-state index < -0.39 is 0 Å². The number of carbonyl (C=O) groups excluding carboxylic acids is 1. The number of halogens is 2. The molecule has 0 aliphatic carbocycles. The molecule has 1 amide bonds. The number of amides is 1. The number of nitrogens with zero attached hydrogens (tertiary/aromatic N) is 2. The molecule has 0 unspecified atom stereocenters. The van der Waals surface area contributed by atoms with Crippen molar-refractivity contribution in [2.45, 2.75) is 11.8 Å². The summed E-state index contributed by atoms with van der Waals surface area (Å²) in [5.41, 5.74) is 1.02. The fraction of sp³-hybridized carbons (Fsp3) is 0.118. The predicted molar refractivity (Wildman–Crippen MR) is 101 cm³/mol. The maximum atomic E-state index is 12.3. The average Bonchev–Trinajstić information content (AvgIpc) is 3.06. The van der Waals surface area contributed by atoms with Gasteiger partial charge in [0.25, 0.3) is 11.8 Å². The standard InChI is InChI=1S/C17H13Cl2N3O2S/c1-2-25-12-5-3-4-10(8-12)15(23)20-17-22-21-16(24-17)13-9-11(18)6-7-14(13)19/h3-9H,2H2,1H3,(H,20,22,23). The lowest BCUT2D eigenvalue weighted by Gasteiger charge is -2.03. The predicted octanol–water partition coefficient (Wildman–Crippen LogP) is 5.41. The van der Waals surface area contributed by atoms with Crippen molar-refractivity contribution in [1.29, 1.82) is 0 Å². The lowest BCUT2D eigenvalue weighted by Crippen LogP contribution is -2.12. The fourth-order valence-corrected chi connectivity index (χ4v) is 3.20. The molecule has 0 saturated carbocycles. The molecule has 3 rings (SSSR count). The Morgan fingerprint density at radius 1 is 1.20 bits per heavy atom. The molecule has 0 radical (unpaired) electrons. The smallest absolute Gasteiger partial charge is 0.322 e. The van der Waals surface area contributed by atoms with Crippen LogP contribution in [-0.4, -0.2) is 21.9 Å². The number of nitrogens with one attached hydrogen (secondary N) is 1. The summed E-state index contributed by atoms with van der Waals surface area (Å²) >= 11 is 13.7. The maximum absolute atomic E-state index is 12.3. The summed E-state index contributed by atoms with van der Waals surface area (Å²) in [6, 6.07) is 12.2. The number of anilines is 1. The number of hydrogen-bond acceptors (Lipinski definition) is 5. The van der Waals surface area contributed by atoms with E-state index in [2.05, 4.69) is 22.4 Å². The minimum absolute atomic E-state index is 0.00964. The third-order valence-electron chi connectivity index (χ3n) is 3.21. The quantitative estimate of drug-likeness (QED) is 0.587. The van der Waals surface area contributed by atoms with E-state index in [4.69, 9.17) is 27.6 Å².